The van der Waals surface area contributed by atoms with Gasteiger partial charge in [0.1, 0.15) is 23.9 Å². The number of rotatable bonds is 7. The number of amides is 2. The van der Waals surface area contributed by atoms with E-state index < -0.39 is 11.1 Å². The van der Waals surface area contributed by atoms with Gasteiger partial charge in [0.15, 0.2) is 0 Å². The lowest BCUT2D eigenvalue weighted by Gasteiger charge is -2.17. The highest BCUT2D eigenvalue weighted by Gasteiger charge is 2.38. The van der Waals surface area contributed by atoms with Gasteiger partial charge in [0.2, 0.25) is 0 Å². The van der Waals surface area contributed by atoms with Crippen LogP contribution in [0.15, 0.2) is 71.6 Å². The molecule has 1 fully saturated rings. The Kier molecular flexibility index (Phi) is 6.91. The van der Waals surface area contributed by atoms with Gasteiger partial charge in [-0.05, 0) is 53.7 Å². The van der Waals surface area contributed by atoms with Gasteiger partial charge in [-0.15, -0.1) is 0 Å². The molecule has 1 saturated heterocycles. The number of nitrogens with zero attached hydrogens (tertiary/aromatic N) is 1. The quantitative estimate of drug-likeness (QED) is 0.375. The van der Waals surface area contributed by atoms with Gasteiger partial charge in [-0.25, -0.2) is 4.90 Å². The van der Waals surface area contributed by atoms with Crippen molar-refractivity contribution in [1.82, 2.24) is 0 Å². The van der Waals surface area contributed by atoms with E-state index in [0.717, 1.165) is 22.2 Å². The summed E-state index contributed by atoms with van der Waals surface area (Å²) in [6, 6.07) is 19.6. The molecule has 168 valence electrons. The molecule has 0 radical (unpaired) electrons. The fourth-order valence-corrected chi connectivity index (χ4v) is 4.21. The summed E-state index contributed by atoms with van der Waals surface area (Å²) < 4.78 is 16.5. The van der Waals surface area contributed by atoms with Crippen LogP contribution >= 0.6 is 23.4 Å². The number of halogens is 1. The van der Waals surface area contributed by atoms with Crippen molar-refractivity contribution in [1.29, 1.82) is 0 Å². The molecule has 33 heavy (non-hydrogen) atoms. The molecule has 0 N–H and O–H groups in total. The molecule has 0 aliphatic carbocycles. The van der Waals surface area contributed by atoms with Gasteiger partial charge in [-0.3, -0.25) is 9.59 Å². The van der Waals surface area contributed by atoms with E-state index in [1.165, 1.54) is 14.2 Å². The van der Waals surface area contributed by atoms with E-state index in [0.29, 0.717) is 45.0 Å². The van der Waals surface area contributed by atoms with E-state index in [1.54, 1.807) is 36.4 Å². The number of imide groups is 1. The predicted octanol–water partition coefficient (Wildman–Crippen LogP) is 6.18. The molecular formula is C25H20ClNO5S. The Hall–Kier alpha value is -3.42. The van der Waals surface area contributed by atoms with Crippen LogP contribution in [0.4, 0.5) is 10.5 Å². The van der Waals surface area contributed by atoms with E-state index in [2.05, 4.69) is 0 Å². The van der Waals surface area contributed by atoms with E-state index in [-0.39, 0.29) is 0 Å². The van der Waals surface area contributed by atoms with E-state index in [1.807, 2.05) is 36.4 Å². The number of carbonyl (C=O) groups excluding carboxylic acids is 2. The van der Waals surface area contributed by atoms with E-state index >= 15 is 0 Å². The molecular weight excluding hydrogens is 462 g/mol. The molecule has 2 amide bonds. The first-order valence-corrected chi connectivity index (χ1v) is 11.2. The molecule has 0 unspecified atom stereocenters. The molecule has 6 nitrogen and oxygen atoms in total. The Balaban J connectivity index is 1.59. The molecule has 1 aliphatic heterocycles. The Bertz CT molecular complexity index is 1230. The molecule has 3 aromatic carbocycles. The Morgan fingerprint density at radius 1 is 0.939 bits per heavy atom. The van der Waals surface area contributed by atoms with Crippen LogP contribution < -0.4 is 19.1 Å². The second-order valence-corrected chi connectivity index (χ2v) is 8.44. The first-order valence-electron chi connectivity index (χ1n) is 9.96. The second-order valence-electron chi connectivity index (χ2n) is 7.01. The monoisotopic (exact) mass is 481 g/mol. The Morgan fingerprint density at radius 2 is 1.70 bits per heavy atom. The first-order chi connectivity index (χ1) is 16.0. The first kappa shape index (κ1) is 22.8. The van der Waals surface area contributed by atoms with Gasteiger partial charge in [0.05, 0.1) is 24.8 Å². The summed E-state index contributed by atoms with van der Waals surface area (Å²) in [6.07, 6.45) is 1.66. The summed E-state index contributed by atoms with van der Waals surface area (Å²) in [5.41, 5.74) is 2.01. The summed E-state index contributed by atoms with van der Waals surface area (Å²) in [7, 11) is 3.01. The average Bonchev–Trinajstić information content (AvgIpc) is 3.11. The molecule has 1 heterocycles. The van der Waals surface area contributed by atoms with Crippen LogP contribution in [-0.4, -0.2) is 25.4 Å². The van der Waals surface area contributed by atoms with Crippen molar-refractivity contribution in [3.63, 3.8) is 0 Å². The van der Waals surface area contributed by atoms with Crippen LogP contribution in [0.1, 0.15) is 11.1 Å². The minimum absolute atomic E-state index is 0.292. The second kappa shape index (κ2) is 10.0. The molecule has 1 aliphatic rings. The Morgan fingerprint density at radius 3 is 2.42 bits per heavy atom. The van der Waals surface area contributed by atoms with Crippen molar-refractivity contribution in [3.05, 3.63) is 87.8 Å². The van der Waals surface area contributed by atoms with Crippen molar-refractivity contribution < 1.29 is 23.8 Å². The van der Waals surface area contributed by atoms with Crippen molar-refractivity contribution >= 4 is 46.3 Å². The van der Waals surface area contributed by atoms with Crippen molar-refractivity contribution in [3.8, 4) is 17.2 Å². The summed E-state index contributed by atoms with van der Waals surface area (Å²) in [5.74, 6) is 1.09. The minimum atomic E-state index is -0.430. The number of para-hydroxylation sites is 1. The maximum absolute atomic E-state index is 13.1. The number of benzene rings is 3. The van der Waals surface area contributed by atoms with Gasteiger partial charge in [0, 0.05) is 16.7 Å². The summed E-state index contributed by atoms with van der Waals surface area (Å²) in [4.78, 5) is 27.3. The highest BCUT2D eigenvalue weighted by Crippen LogP contribution is 2.41. The highest BCUT2D eigenvalue weighted by atomic mass is 35.5. The third-order valence-corrected chi connectivity index (χ3v) is 6.06. The minimum Gasteiger partial charge on any atom is -0.497 e. The van der Waals surface area contributed by atoms with Crippen LogP contribution in [0, 0.1) is 0 Å². The SMILES string of the molecule is COc1ccc(N2C(=O)S/C(=C\c3ccccc3OCc3ccc(Cl)cc3)C2=O)c(OC)c1. The molecule has 0 aromatic heterocycles. The third kappa shape index (κ3) is 4.99. The lowest BCUT2D eigenvalue weighted by molar-refractivity contribution is -0.113. The number of hydrogen-bond acceptors (Lipinski definition) is 6. The lowest BCUT2D eigenvalue weighted by atomic mass is 10.1. The van der Waals surface area contributed by atoms with Crippen molar-refractivity contribution in [2.45, 2.75) is 6.61 Å². The largest absolute Gasteiger partial charge is 0.497 e. The zero-order valence-corrected chi connectivity index (χ0v) is 19.5. The van der Waals surface area contributed by atoms with E-state index in [9.17, 15) is 9.59 Å². The Labute approximate surface area is 200 Å². The zero-order valence-electron chi connectivity index (χ0n) is 17.9. The van der Waals surface area contributed by atoms with Crippen LogP contribution in [0.3, 0.4) is 0 Å². The maximum Gasteiger partial charge on any atom is 0.298 e. The molecule has 0 bridgehead atoms. The predicted molar refractivity (Wildman–Crippen MR) is 130 cm³/mol. The van der Waals surface area contributed by atoms with E-state index in [4.69, 9.17) is 25.8 Å². The summed E-state index contributed by atoms with van der Waals surface area (Å²) in [5, 5.41) is 0.248. The number of carbonyl (C=O) groups is 2. The fraction of sp³-hybridized carbons (Fsp3) is 0.120. The summed E-state index contributed by atoms with van der Waals surface area (Å²) >= 11 is 6.80. The molecule has 0 spiro atoms. The number of methoxy groups -OCH3 is 2. The van der Waals surface area contributed by atoms with Crippen LogP contribution in [-0.2, 0) is 11.4 Å². The van der Waals surface area contributed by atoms with Crippen LogP contribution in [0.2, 0.25) is 5.02 Å². The topological polar surface area (TPSA) is 65.1 Å². The smallest absolute Gasteiger partial charge is 0.298 e. The third-order valence-electron chi connectivity index (χ3n) is 4.93. The van der Waals surface area contributed by atoms with Gasteiger partial charge < -0.3 is 14.2 Å². The zero-order chi connectivity index (χ0) is 23.4. The van der Waals surface area contributed by atoms with Crippen molar-refractivity contribution in [2.24, 2.45) is 0 Å². The summed E-state index contributed by atoms with van der Waals surface area (Å²) in [6.45, 7) is 0.340. The number of anilines is 1. The molecule has 0 saturated carbocycles. The highest BCUT2D eigenvalue weighted by molar-refractivity contribution is 8.19. The van der Waals surface area contributed by atoms with Crippen LogP contribution in [0.25, 0.3) is 6.08 Å². The number of ether oxygens (including phenoxy) is 3. The van der Waals surface area contributed by atoms with Gasteiger partial charge >= 0.3 is 0 Å². The van der Waals surface area contributed by atoms with Gasteiger partial charge in [0.25, 0.3) is 11.1 Å². The standard InChI is InChI=1S/C25H20ClNO5S/c1-30-19-11-12-20(22(14-19)31-2)27-24(28)23(33-25(27)29)13-17-5-3-4-6-21(17)32-15-16-7-9-18(26)10-8-16/h3-14H,15H2,1-2H3/b23-13-. The average molecular weight is 482 g/mol. The van der Waals surface area contributed by atoms with Gasteiger partial charge in [-0.1, -0.05) is 41.9 Å². The van der Waals surface area contributed by atoms with Gasteiger partial charge in [-0.2, -0.15) is 0 Å². The number of thioether (sulfide) groups is 1. The molecule has 8 heteroatoms. The lowest BCUT2D eigenvalue weighted by Crippen LogP contribution is -2.28. The van der Waals surface area contributed by atoms with Crippen molar-refractivity contribution in [2.75, 3.05) is 19.1 Å². The molecule has 4 rings (SSSR count). The molecule has 3 aromatic rings. The normalized spacial score (nSPS) is 14.6. The van der Waals surface area contributed by atoms with Crippen LogP contribution in [0.5, 0.6) is 17.2 Å². The molecule has 0 atom stereocenters. The fourth-order valence-electron chi connectivity index (χ4n) is 3.26. The maximum atomic E-state index is 13.1. The number of hydrogen-bond donors (Lipinski definition) is 0.